The highest BCUT2D eigenvalue weighted by molar-refractivity contribution is 6.38. The molecule has 6 amide bonds. The number of ketones is 1. The van der Waals surface area contributed by atoms with Gasteiger partial charge >= 0.3 is 6.09 Å². The van der Waals surface area contributed by atoms with Gasteiger partial charge in [-0.1, -0.05) is 82.7 Å². The molecule has 14 nitrogen and oxygen atoms in total. The summed E-state index contributed by atoms with van der Waals surface area (Å²) >= 11 is 0. The maximum atomic E-state index is 14.5. The fourth-order valence-electron chi connectivity index (χ4n) is 8.79. The van der Waals surface area contributed by atoms with Gasteiger partial charge in [0.1, 0.15) is 23.7 Å². The lowest BCUT2D eigenvalue weighted by molar-refractivity contribution is -0.145. The molecule has 1 aliphatic heterocycles. The average molecular weight is 779 g/mol. The van der Waals surface area contributed by atoms with E-state index in [0.717, 1.165) is 51.4 Å². The fraction of sp³-hybridized carbons (Fsp3) is 0.690. The van der Waals surface area contributed by atoms with Crippen molar-refractivity contribution in [2.45, 2.75) is 129 Å². The molecule has 4 fully saturated rings. The number of alkyl carbamates (subject to hydrolysis) is 1. The maximum Gasteiger partial charge on any atom is 0.408 e. The molecule has 1 aromatic rings. The Morgan fingerprint density at radius 1 is 0.893 bits per heavy atom. The summed E-state index contributed by atoms with van der Waals surface area (Å²) in [5, 5.41) is 10.8. The van der Waals surface area contributed by atoms with Crippen molar-refractivity contribution in [1.29, 1.82) is 0 Å². The number of amides is 6. The number of ether oxygens (including phenoxy) is 1. The Kier molecular flexibility index (Phi) is 13.5. The third kappa shape index (κ3) is 10.3. The van der Waals surface area contributed by atoms with E-state index in [-0.39, 0.29) is 41.4 Å². The van der Waals surface area contributed by atoms with Crippen molar-refractivity contribution < 1.29 is 38.3 Å². The second-order valence-corrected chi connectivity index (χ2v) is 18.0. The van der Waals surface area contributed by atoms with Crippen LogP contribution in [0.4, 0.5) is 4.79 Å². The highest BCUT2D eigenvalue weighted by Gasteiger charge is 2.69. The van der Waals surface area contributed by atoms with Gasteiger partial charge in [-0.2, -0.15) is 0 Å². The molecule has 3 saturated carbocycles. The monoisotopic (exact) mass is 778 g/mol. The van der Waals surface area contributed by atoms with E-state index >= 15 is 0 Å². The minimum Gasteiger partial charge on any atom is -0.444 e. The van der Waals surface area contributed by atoms with Crippen LogP contribution in [0.3, 0.4) is 0 Å². The lowest BCUT2D eigenvalue weighted by Gasteiger charge is -2.37. The molecule has 4 N–H and O–H groups in total. The molecule has 1 aromatic carbocycles. The molecule has 0 radical (unpaired) electrons. The van der Waals surface area contributed by atoms with Gasteiger partial charge in [-0.25, -0.2) is 4.79 Å². The molecule has 0 bridgehead atoms. The normalized spacial score (nSPS) is 23.3. The first-order valence-electron chi connectivity index (χ1n) is 20.4. The summed E-state index contributed by atoms with van der Waals surface area (Å²) in [4.78, 5) is 97.9. The van der Waals surface area contributed by atoms with E-state index in [1.807, 2.05) is 0 Å². The Morgan fingerprint density at radius 3 is 2.14 bits per heavy atom. The van der Waals surface area contributed by atoms with Gasteiger partial charge in [0.25, 0.3) is 5.91 Å². The van der Waals surface area contributed by atoms with Gasteiger partial charge < -0.3 is 35.8 Å². The van der Waals surface area contributed by atoms with Crippen LogP contribution in [-0.4, -0.2) is 102 Å². The van der Waals surface area contributed by atoms with Crippen molar-refractivity contribution >= 4 is 41.4 Å². The summed E-state index contributed by atoms with van der Waals surface area (Å²) in [6.07, 6.45) is 7.71. The number of nitrogens with zero attached hydrogens (tertiary/aromatic N) is 2. The lowest BCUT2D eigenvalue weighted by atomic mass is 9.81. The number of nitrogens with one attached hydrogen (secondary N) is 4. The Morgan fingerprint density at radius 2 is 1.55 bits per heavy atom. The summed E-state index contributed by atoms with van der Waals surface area (Å²) in [5.74, 6) is -3.64. The molecule has 1 saturated heterocycles. The van der Waals surface area contributed by atoms with E-state index in [0.29, 0.717) is 24.4 Å². The highest BCUT2D eigenvalue weighted by Crippen LogP contribution is 2.65. The zero-order chi connectivity index (χ0) is 40.9. The zero-order valence-electron chi connectivity index (χ0n) is 34.2. The molecular weight excluding hydrogens is 716 g/mol. The maximum absolute atomic E-state index is 14.5. The topological polar surface area (TPSA) is 183 Å². The quantitative estimate of drug-likeness (QED) is 0.195. The number of hydrogen-bond donors (Lipinski definition) is 4. The van der Waals surface area contributed by atoms with Gasteiger partial charge in [0, 0.05) is 20.6 Å². The van der Waals surface area contributed by atoms with E-state index in [4.69, 9.17) is 4.74 Å². The number of carbonyl (C=O) groups is 7. The van der Waals surface area contributed by atoms with Crippen LogP contribution in [0.2, 0.25) is 0 Å². The standard InChI is InChI=1S/C42H62N6O8/c1-41(2,3)56-40(55)46-33(27-19-12-9-13-20-27)39(54)48-24-28-31(42(28,4)5)34(48)36(51)44-29(22-21-25-15-14-16-25)35(50)37(52)43-23-30(49)45-32(38(53)47(6)7)26-17-10-8-11-18-26/h8,10-11,17-18,25,27-29,31-34H,9,12-16,19-24H2,1-7H3,(H,43,52)(H,44,51)(H,45,49)(H,46,55)/t28-,29-,31-,32-,33-,34-/m0/s1. The summed E-state index contributed by atoms with van der Waals surface area (Å²) in [5.41, 5.74) is -0.426. The van der Waals surface area contributed by atoms with Crippen molar-refractivity contribution in [3.8, 4) is 0 Å². The number of rotatable bonds is 15. The predicted octanol–water partition coefficient (Wildman–Crippen LogP) is 3.64. The third-order valence-electron chi connectivity index (χ3n) is 12.3. The summed E-state index contributed by atoms with van der Waals surface area (Å²) in [6, 6.07) is 4.76. The lowest BCUT2D eigenvalue weighted by Crippen LogP contribution is -2.60. The van der Waals surface area contributed by atoms with Gasteiger partial charge in [0.15, 0.2) is 0 Å². The minimum atomic E-state index is -1.18. The van der Waals surface area contributed by atoms with Crippen molar-refractivity contribution in [1.82, 2.24) is 31.1 Å². The SMILES string of the molecule is CN(C)C(=O)[C@@H](NC(=O)CNC(=O)C(=O)[C@H](CCC1CCC1)NC(=O)[C@@H]1[C@@H]2[C@H](CN1C(=O)[C@@H](NC(=O)OC(C)(C)C)C1CCCCC1)C2(C)C)c1ccccc1. The van der Waals surface area contributed by atoms with Gasteiger partial charge in [-0.15, -0.1) is 0 Å². The second kappa shape index (κ2) is 17.8. The Balaban J connectivity index is 1.29. The van der Waals surface area contributed by atoms with Gasteiger partial charge in [-0.05, 0) is 81.1 Å². The summed E-state index contributed by atoms with van der Waals surface area (Å²) in [6.45, 7) is 9.18. The van der Waals surface area contributed by atoms with Crippen LogP contribution in [0.5, 0.6) is 0 Å². The van der Waals surface area contributed by atoms with Crippen LogP contribution in [0.1, 0.15) is 110 Å². The molecule has 14 heteroatoms. The Labute approximate surface area is 331 Å². The van der Waals surface area contributed by atoms with E-state index in [9.17, 15) is 33.6 Å². The first kappa shape index (κ1) is 42.6. The van der Waals surface area contributed by atoms with E-state index in [1.54, 1.807) is 70.1 Å². The van der Waals surface area contributed by atoms with Crippen molar-refractivity contribution in [2.75, 3.05) is 27.2 Å². The van der Waals surface area contributed by atoms with E-state index in [2.05, 4.69) is 35.1 Å². The number of benzene rings is 1. The van der Waals surface area contributed by atoms with Crippen LogP contribution in [0.15, 0.2) is 30.3 Å². The zero-order valence-corrected chi connectivity index (χ0v) is 34.2. The predicted molar refractivity (Wildman–Crippen MR) is 209 cm³/mol. The number of piperidine rings is 1. The molecule has 3 aliphatic carbocycles. The molecule has 4 aliphatic rings. The van der Waals surface area contributed by atoms with Crippen molar-refractivity contribution in [3.63, 3.8) is 0 Å². The first-order valence-corrected chi connectivity index (χ1v) is 20.4. The molecule has 5 rings (SSSR count). The van der Waals surface area contributed by atoms with E-state index < -0.39 is 65.9 Å². The molecule has 6 atom stereocenters. The average Bonchev–Trinajstić information content (AvgIpc) is 3.42. The number of fused-ring (bicyclic) bond motifs is 1. The summed E-state index contributed by atoms with van der Waals surface area (Å²) in [7, 11) is 3.15. The molecule has 308 valence electrons. The Bertz CT molecular complexity index is 1630. The van der Waals surface area contributed by atoms with E-state index in [1.165, 1.54) is 4.90 Å². The minimum absolute atomic E-state index is 0.0563. The smallest absolute Gasteiger partial charge is 0.408 e. The number of likely N-dealkylation sites (tertiary alicyclic amines) is 1. The highest BCUT2D eigenvalue weighted by atomic mass is 16.6. The van der Waals surface area contributed by atoms with Crippen molar-refractivity contribution in [3.05, 3.63) is 35.9 Å². The largest absolute Gasteiger partial charge is 0.444 e. The number of carbonyl (C=O) groups excluding carboxylic acids is 7. The number of likely N-dealkylation sites (N-methyl/N-ethyl adjacent to an activating group) is 1. The molecule has 1 heterocycles. The molecular formula is C42H62N6O8. The summed E-state index contributed by atoms with van der Waals surface area (Å²) < 4.78 is 5.55. The molecule has 56 heavy (non-hydrogen) atoms. The molecule has 0 spiro atoms. The van der Waals surface area contributed by atoms with Crippen LogP contribution in [-0.2, 0) is 33.5 Å². The van der Waals surface area contributed by atoms with Crippen LogP contribution in [0.25, 0.3) is 0 Å². The number of hydrogen-bond acceptors (Lipinski definition) is 8. The van der Waals surface area contributed by atoms with Crippen LogP contribution in [0, 0.1) is 29.1 Å². The second-order valence-electron chi connectivity index (χ2n) is 18.0. The van der Waals surface area contributed by atoms with Gasteiger partial charge in [0.2, 0.25) is 29.4 Å². The Hall–Kier alpha value is -4.49. The van der Waals surface area contributed by atoms with Crippen molar-refractivity contribution in [2.24, 2.45) is 29.1 Å². The van der Waals surface area contributed by atoms with Gasteiger partial charge in [0.05, 0.1) is 12.6 Å². The fourth-order valence-corrected chi connectivity index (χ4v) is 8.79. The van der Waals surface area contributed by atoms with Crippen LogP contribution >= 0.6 is 0 Å². The first-order chi connectivity index (χ1) is 26.4. The number of Topliss-reactive ketones (excluding diaryl/α,β-unsaturated/α-hetero) is 1. The van der Waals surface area contributed by atoms with Gasteiger partial charge in [-0.3, -0.25) is 28.8 Å². The molecule has 0 unspecified atom stereocenters. The molecule has 0 aromatic heterocycles. The van der Waals surface area contributed by atoms with Crippen LogP contribution < -0.4 is 21.3 Å². The third-order valence-corrected chi connectivity index (χ3v) is 12.3.